The van der Waals surface area contributed by atoms with E-state index in [1.54, 1.807) is 7.05 Å². The molecule has 0 saturated carbocycles. The summed E-state index contributed by atoms with van der Waals surface area (Å²) in [4.78, 5) is 11.1. The molecule has 0 amide bonds. The summed E-state index contributed by atoms with van der Waals surface area (Å²) < 4.78 is 0.675. The molecule has 0 spiro atoms. The van der Waals surface area contributed by atoms with Gasteiger partial charge in [-0.2, -0.15) is 0 Å². The number of rotatable bonds is 1. The number of hydrogen-bond acceptors (Lipinski definition) is 4. The molecule has 0 aromatic rings. The molecule has 0 aromatic heterocycles. The molecule has 12 heavy (non-hydrogen) atoms. The van der Waals surface area contributed by atoms with Crippen LogP contribution < -0.4 is 0 Å². The minimum Gasteiger partial charge on any atom is -0.490 e. The van der Waals surface area contributed by atoms with Crippen LogP contribution in [0.5, 0.6) is 0 Å². The van der Waals surface area contributed by atoms with Crippen LogP contribution in [0.15, 0.2) is 22.1 Å². The van der Waals surface area contributed by atoms with Gasteiger partial charge in [0.05, 0.1) is 11.5 Å². The molecular weight excluding hydrogens is 228 g/mol. The van der Waals surface area contributed by atoms with Crippen molar-refractivity contribution in [1.82, 2.24) is 4.90 Å². The highest BCUT2D eigenvalue weighted by atomic mass is 79.9. The van der Waals surface area contributed by atoms with Crippen LogP contribution in [0, 0.1) is 10.1 Å². The van der Waals surface area contributed by atoms with Crippen LogP contribution in [-0.4, -0.2) is 28.5 Å². The van der Waals surface area contributed by atoms with Gasteiger partial charge in [0.15, 0.2) is 0 Å². The van der Waals surface area contributed by atoms with Crippen LogP contribution in [0.2, 0.25) is 0 Å². The SMILES string of the molecule is CN1CC(Br)=CC([N+](=O)[O-])=C1O. The summed E-state index contributed by atoms with van der Waals surface area (Å²) in [6, 6.07) is 0. The molecule has 0 bridgehead atoms. The van der Waals surface area contributed by atoms with Gasteiger partial charge in [-0.1, -0.05) is 15.9 Å². The average Bonchev–Trinajstić information content (AvgIpc) is 1.96. The summed E-state index contributed by atoms with van der Waals surface area (Å²) in [6.45, 7) is 0.448. The first-order valence-electron chi connectivity index (χ1n) is 3.17. The predicted molar refractivity (Wildman–Crippen MR) is 46.3 cm³/mol. The molecule has 1 aliphatic rings. The second kappa shape index (κ2) is 3.14. The number of hydrogen-bond donors (Lipinski definition) is 1. The Morgan fingerprint density at radius 2 is 2.42 bits per heavy atom. The Morgan fingerprint density at radius 3 is 2.92 bits per heavy atom. The van der Waals surface area contributed by atoms with Crippen molar-refractivity contribution in [1.29, 1.82) is 0 Å². The maximum atomic E-state index is 10.4. The third kappa shape index (κ3) is 1.58. The van der Waals surface area contributed by atoms with Gasteiger partial charge in [0.2, 0.25) is 0 Å². The first-order valence-corrected chi connectivity index (χ1v) is 3.96. The lowest BCUT2D eigenvalue weighted by molar-refractivity contribution is -0.423. The van der Waals surface area contributed by atoms with E-state index in [1.807, 2.05) is 0 Å². The van der Waals surface area contributed by atoms with Crippen molar-refractivity contribution in [3.8, 4) is 0 Å². The van der Waals surface area contributed by atoms with Gasteiger partial charge in [0, 0.05) is 17.6 Å². The van der Waals surface area contributed by atoms with Crippen molar-refractivity contribution in [2.24, 2.45) is 0 Å². The van der Waals surface area contributed by atoms with E-state index >= 15 is 0 Å². The van der Waals surface area contributed by atoms with Gasteiger partial charge in [-0.05, 0) is 0 Å². The molecule has 1 N–H and O–H groups in total. The van der Waals surface area contributed by atoms with Gasteiger partial charge >= 0.3 is 5.70 Å². The largest absolute Gasteiger partial charge is 0.490 e. The fraction of sp³-hybridized carbons (Fsp3) is 0.333. The summed E-state index contributed by atoms with van der Waals surface area (Å²) in [6.07, 6.45) is 1.30. The van der Waals surface area contributed by atoms with Crippen LogP contribution in [0.1, 0.15) is 0 Å². The van der Waals surface area contributed by atoms with E-state index in [-0.39, 0.29) is 11.6 Å². The van der Waals surface area contributed by atoms with Gasteiger partial charge in [-0.15, -0.1) is 0 Å². The van der Waals surface area contributed by atoms with Crippen molar-refractivity contribution < 1.29 is 10.0 Å². The van der Waals surface area contributed by atoms with Gasteiger partial charge < -0.3 is 10.0 Å². The lowest BCUT2D eigenvalue weighted by atomic mass is 10.3. The number of allylic oxidation sites excluding steroid dienone is 1. The lowest BCUT2D eigenvalue weighted by Gasteiger charge is -2.19. The van der Waals surface area contributed by atoms with Gasteiger partial charge in [-0.25, -0.2) is 0 Å². The number of aliphatic hydroxyl groups excluding tert-OH is 1. The highest BCUT2D eigenvalue weighted by Crippen LogP contribution is 2.21. The van der Waals surface area contributed by atoms with Crippen molar-refractivity contribution >= 4 is 15.9 Å². The van der Waals surface area contributed by atoms with E-state index in [9.17, 15) is 15.2 Å². The van der Waals surface area contributed by atoms with Gasteiger partial charge in [0.1, 0.15) is 0 Å². The summed E-state index contributed by atoms with van der Waals surface area (Å²) in [5.41, 5.74) is -0.282. The highest BCUT2D eigenvalue weighted by molar-refractivity contribution is 9.11. The third-order valence-corrected chi connectivity index (χ3v) is 1.95. The van der Waals surface area contributed by atoms with Crippen molar-refractivity contribution in [3.05, 3.63) is 32.3 Å². The Hall–Kier alpha value is -1.04. The molecule has 1 rings (SSSR count). The highest BCUT2D eigenvalue weighted by Gasteiger charge is 2.24. The minimum absolute atomic E-state index is 0.282. The summed E-state index contributed by atoms with van der Waals surface area (Å²) in [7, 11) is 1.58. The normalized spacial score (nSPS) is 17.8. The molecule has 1 aliphatic heterocycles. The fourth-order valence-electron chi connectivity index (χ4n) is 0.890. The molecular formula is C6H7BrN2O3. The zero-order valence-electron chi connectivity index (χ0n) is 6.32. The Kier molecular flexibility index (Phi) is 2.37. The molecule has 0 aromatic carbocycles. The first kappa shape index (κ1) is 9.05. The molecule has 0 atom stereocenters. The number of nitrogens with zero attached hydrogens (tertiary/aromatic N) is 2. The van der Waals surface area contributed by atoms with Crippen LogP contribution in [0.25, 0.3) is 0 Å². The van der Waals surface area contributed by atoms with E-state index in [2.05, 4.69) is 15.9 Å². The van der Waals surface area contributed by atoms with Crippen LogP contribution in [-0.2, 0) is 0 Å². The maximum Gasteiger partial charge on any atom is 0.329 e. The smallest absolute Gasteiger partial charge is 0.329 e. The zero-order chi connectivity index (χ0) is 9.30. The summed E-state index contributed by atoms with van der Waals surface area (Å²) in [5.74, 6) is -0.303. The standard InChI is InChI=1S/C6H7BrN2O3/c1-8-3-4(7)2-5(6(8)10)9(11)12/h2,10H,3H2,1H3. The van der Waals surface area contributed by atoms with E-state index in [0.717, 1.165) is 0 Å². The van der Waals surface area contributed by atoms with Crippen LogP contribution in [0.4, 0.5) is 0 Å². The number of halogens is 1. The van der Waals surface area contributed by atoms with E-state index in [0.29, 0.717) is 11.0 Å². The molecule has 0 radical (unpaired) electrons. The number of nitro groups is 1. The quantitative estimate of drug-likeness (QED) is 0.548. The second-order valence-corrected chi connectivity index (χ2v) is 3.43. The number of aliphatic hydroxyl groups is 1. The maximum absolute atomic E-state index is 10.4. The van der Waals surface area contributed by atoms with Crippen molar-refractivity contribution in [3.63, 3.8) is 0 Å². The zero-order valence-corrected chi connectivity index (χ0v) is 7.91. The van der Waals surface area contributed by atoms with E-state index < -0.39 is 4.92 Å². The van der Waals surface area contributed by atoms with E-state index in [1.165, 1.54) is 11.0 Å². The van der Waals surface area contributed by atoms with Crippen molar-refractivity contribution in [2.75, 3.05) is 13.6 Å². The van der Waals surface area contributed by atoms with Crippen molar-refractivity contribution in [2.45, 2.75) is 0 Å². The molecule has 6 heteroatoms. The molecule has 1 heterocycles. The van der Waals surface area contributed by atoms with E-state index in [4.69, 9.17) is 0 Å². The molecule has 5 nitrogen and oxygen atoms in total. The Balaban J connectivity index is 3.08. The Bertz CT molecular complexity index is 285. The summed E-state index contributed by atoms with van der Waals surface area (Å²) >= 11 is 3.13. The molecule has 0 fully saturated rings. The van der Waals surface area contributed by atoms with Crippen LogP contribution in [0.3, 0.4) is 0 Å². The first-order chi connectivity index (χ1) is 5.52. The fourth-order valence-corrected chi connectivity index (χ4v) is 1.48. The summed E-state index contributed by atoms with van der Waals surface area (Å²) in [5, 5.41) is 19.6. The number of likely N-dealkylation sites (N-methyl/N-ethyl adjacent to an activating group) is 1. The lowest BCUT2D eigenvalue weighted by Crippen LogP contribution is -2.25. The van der Waals surface area contributed by atoms with Gasteiger partial charge in [0.25, 0.3) is 5.88 Å². The molecule has 0 aliphatic carbocycles. The monoisotopic (exact) mass is 234 g/mol. The minimum atomic E-state index is -0.619. The molecule has 0 unspecified atom stereocenters. The van der Waals surface area contributed by atoms with Gasteiger partial charge in [-0.3, -0.25) is 10.1 Å². The van der Waals surface area contributed by atoms with Crippen LogP contribution >= 0.6 is 15.9 Å². The Labute approximate surface area is 77.3 Å². The topological polar surface area (TPSA) is 66.6 Å². The predicted octanol–water partition coefficient (Wildman–Crippen LogP) is 1.21. The molecule has 0 saturated heterocycles. The average molecular weight is 235 g/mol. The third-order valence-electron chi connectivity index (χ3n) is 1.47. The second-order valence-electron chi connectivity index (χ2n) is 2.41. The molecule has 66 valence electrons. The Morgan fingerprint density at radius 1 is 1.83 bits per heavy atom.